The van der Waals surface area contributed by atoms with Crippen molar-refractivity contribution in [2.24, 2.45) is 11.7 Å². The lowest BCUT2D eigenvalue weighted by molar-refractivity contribution is 0.0465. The number of nitrogens with zero attached hydrogens (tertiary/aromatic N) is 2. The first kappa shape index (κ1) is 12.3. The number of aromatic nitrogens is 1. The van der Waals surface area contributed by atoms with Crippen molar-refractivity contribution in [3.8, 4) is 0 Å². The summed E-state index contributed by atoms with van der Waals surface area (Å²) >= 11 is 0. The van der Waals surface area contributed by atoms with Crippen molar-refractivity contribution in [1.29, 1.82) is 0 Å². The number of aliphatic hydroxyl groups excluding tert-OH is 1. The molecule has 94 valence electrons. The molecule has 0 aromatic carbocycles. The lowest BCUT2D eigenvalue weighted by atomic mass is 9.82. The maximum Gasteiger partial charge on any atom is 0.0569 e. The van der Waals surface area contributed by atoms with Gasteiger partial charge in [-0.05, 0) is 37.8 Å². The van der Waals surface area contributed by atoms with Crippen molar-refractivity contribution in [2.75, 3.05) is 18.5 Å². The Hall–Kier alpha value is -1.13. The standard InChI is InChI=1S/C13H21N3O/c1-9(14)13-4-3-11(7-15-13)16(2)8-10-5-12(17)6-10/h3-4,7,9-10,12,17H,5-6,8,14H2,1-2H3/t9-,10?,12?/m0/s1. The van der Waals surface area contributed by atoms with Crippen LogP contribution in [0.1, 0.15) is 31.5 Å². The minimum absolute atomic E-state index is 0.0175. The van der Waals surface area contributed by atoms with Gasteiger partial charge < -0.3 is 15.7 Å². The third kappa shape index (κ3) is 2.96. The molecule has 1 heterocycles. The third-order valence-electron chi connectivity index (χ3n) is 3.42. The van der Waals surface area contributed by atoms with Crippen LogP contribution < -0.4 is 10.6 Å². The number of pyridine rings is 1. The molecular formula is C13H21N3O. The summed E-state index contributed by atoms with van der Waals surface area (Å²) in [6.45, 7) is 2.91. The molecule has 1 fully saturated rings. The molecule has 0 bridgehead atoms. The second kappa shape index (κ2) is 5.02. The summed E-state index contributed by atoms with van der Waals surface area (Å²) in [4.78, 5) is 6.54. The molecule has 1 aliphatic carbocycles. The fraction of sp³-hybridized carbons (Fsp3) is 0.615. The van der Waals surface area contributed by atoms with Crippen LogP contribution >= 0.6 is 0 Å². The van der Waals surface area contributed by atoms with Crippen LogP contribution in [0.4, 0.5) is 5.69 Å². The van der Waals surface area contributed by atoms with E-state index in [9.17, 15) is 5.11 Å². The van der Waals surface area contributed by atoms with Crippen LogP contribution in [-0.2, 0) is 0 Å². The summed E-state index contributed by atoms with van der Waals surface area (Å²) in [6.07, 6.45) is 3.64. The summed E-state index contributed by atoms with van der Waals surface area (Å²) in [5.74, 6) is 0.614. The van der Waals surface area contributed by atoms with E-state index in [1.165, 1.54) is 0 Å². The largest absolute Gasteiger partial charge is 0.393 e. The van der Waals surface area contributed by atoms with E-state index in [1.807, 2.05) is 19.2 Å². The molecule has 1 saturated carbocycles. The number of hydrogen-bond donors (Lipinski definition) is 2. The van der Waals surface area contributed by atoms with E-state index < -0.39 is 0 Å². The molecule has 4 heteroatoms. The van der Waals surface area contributed by atoms with Crippen LogP contribution in [0.15, 0.2) is 18.3 Å². The van der Waals surface area contributed by atoms with Gasteiger partial charge in [0, 0.05) is 19.6 Å². The van der Waals surface area contributed by atoms with Crippen molar-refractivity contribution in [3.05, 3.63) is 24.0 Å². The molecule has 0 radical (unpaired) electrons. The Morgan fingerprint density at radius 2 is 2.24 bits per heavy atom. The first-order chi connectivity index (χ1) is 8.06. The highest BCUT2D eigenvalue weighted by atomic mass is 16.3. The molecule has 0 saturated heterocycles. The molecule has 0 spiro atoms. The number of aliphatic hydroxyl groups is 1. The minimum Gasteiger partial charge on any atom is -0.393 e. The van der Waals surface area contributed by atoms with Gasteiger partial charge in [0.05, 0.1) is 23.7 Å². The molecule has 0 amide bonds. The summed E-state index contributed by atoms with van der Waals surface area (Å²) < 4.78 is 0. The number of hydrogen-bond acceptors (Lipinski definition) is 4. The zero-order valence-corrected chi connectivity index (χ0v) is 10.5. The van der Waals surface area contributed by atoms with Crippen molar-refractivity contribution in [1.82, 2.24) is 4.98 Å². The van der Waals surface area contributed by atoms with Gasteiger partial charge >= 0.3 is 0 Å². The molecule has 4 nitrogen and oxygen atoms in total. The topological polar surface area (TPSA) is 62.4 Å². The van der Waals surface area contributed by atoms with E-state index in [0.717, 1.165) is 30.8 Å². The van der Waals surface area contributed by atoms with Gasteiger partial charge in [0.2, 0.25) is 0 Å². The van der Waals surface area contributed by atoms with Crippen molar-refractivity contribution in [3.63, 3.8) is 0 Å². The molecule has 0 unspecified atom stereocenters. The van der Waals surface area contributed by atoms with E-state index >= 15 is 0 Å². The molecule has 1 aromatic heterocycles. The highest BCUT2D eigenvalue weighted by Crippen LogP contribution is 2.28. The second-order valence-electron chi connectivity index (χ2n) is 5.10. The summed E-state index contributed by atoms with van der Waals surface area (Å²) in [7, 11) is 2.06. The Balaban J connectivity index is 1.92. The van der Waals surface area contributed by atoms with E-state index in [1.54, 1.807) is 0 Å². The Labute approximate surface area is 102 Å². The monoisotopic (exact) mass is 235 g/mol. The maximum atomic E-state index is 9.25. The normalized spacial score (nSPS) is 25.2. The van der Waals surface area contributed by atoms with Crippen LogP contribution in [0.2, 0.25) is 0 Å². The zero-order chi connectivity index (χ0) is 12.4. The summed E-state index contributed by atoms with van der Waals surface area (Å²) in [5.41, 5.74) is 7.79. The average Bonchev–Trinajstić information content (AvgIpc) is 2.27. The van der Waals surface area contributed by atoms with E-state index in [2.05, 4.69) is 23.0 Å². The molecule has 3 N–H and O–H groups in total. The Morgan fingerprint density at radius 1 is 1.53 bits per heavy atom. The van der Waals surface area contributed by atoms with Gasteiger partial charge in [-0.3, -0.25) is 4.98 Å². The smallest absolute Gasteiger partial charge is 0.0569 e. The third-order valence-corrected chi connectivity index (χ3v) is 3.42. The second-order valence-corrected chi connectivity index (χ2v) is 5.10. The lowest BCUT2D eigenvalue weighted by Gasteiger charge is -2.35. The number of nitrogens with two attached hydrogens (primary N) is 1. The molecule has 2 rings (SSSR count). The molecular weight excluding hydrogens is 214 g/mol. The molecule has 1 atom stereocenters. The van der Waals surface area contributed by atoms with Gasteiger partial charge in [-0.1, -0.05) is 0 Å². The van der Waals surface area contributed by atoms with Crippen molar-refractivity contribution in [2.45, 2.75) is 31.9 Å². The Kier molecular flexibility index (Phi) is 3.64. The number of rotatable bonds is 4. The van der Waals surface area contributed by atoms with Crippen molar-refractivity contribution >= 4 is 5.69 Å². The Morgan fingerprint density at radius 3 is 2.71 bits per heavy atom. The predicted octanol–water partition coefficient (Wildman–Crippen LogP) is 1.31. The molecule has 1 aliphatic rings. The maximum absolute atomic E-state index is 9.25. The quantitative estimate of drug-likeness (QED) is 0.826. The zero-order valence-electron chi connectivity index (χ0n) is 10.5. The summed E-state index contributed by atoms with van der Waals surface area (Å²) in [6, 6.07) is 4.02. The first-order valence-corrected chi connectivity index (χ1v) is 6.17. The van der Waals surface area contributed by atoms with E-state index in [-0.39, 0.29) is 12.1 Å². The lowest BCUT2D eigenvalue weighted by Crippen LogP contribution is -2.37. The average molecular weight is 235 g/mol. The van der Waals surface area contributed by atoms with Gasteiger partial charge in [0.1, 0.15) is 0 Å². The van der Waals surface area contributed by atoms with Crippen LogP contribution in [0.3, 0.4) is 0 Å². The highest BCUT2D eigenvalue weighted by Gasteiger charge is 2.28. The SMILES string of the molecule is C[C@H](N)c1ccc(N(C)CC2CC(O)C2)cn1. The van der Waals surface area contributed by atoms with Crippen LogP contribution in [-0.4, -0.2) is 29.8 Å². The number of anilines is 1. The predicted molar refractivity (Wildman–Crippen MR) is 68.8 cm³/mol. The van der Waals surface area contributed by atoms with Gasteiger partial charge in [-0.15, -0.1) is 0 Å². The van der Waals surface area contributed by atoms with Crippen LogP contribution in [0, 0.1) is 5.92 Å². The molecule has 0 aliphatic heterocycles. The minimum atomic E-state index is -0.0769. The first-order valence-electron chi connectivity index (χ1n) is 6.17. The van der Waals surface area contributed by atoms with Crippen LogP contribution in [0.5, 0.6) is 0 Å². The van der Waals surface area contributed by atoms with Gasteiger partial charge in [-0.25, -0.2) is 0 Å². The fourth-order valence-corrected chi connectivity index (χ4v) is 2.23. The summed E-state index contributed by atoms with van der Waals surface area (Å²) in [5, 5.41) is 9.25. The highest BCUT2D eigenvalue weighted by molar-refractivity contribution is 5.44. The van der Waals surface area contributed by atoms with Gasteiger partial charge in [0.15, 0.2) is 0 Å². The van der Waals surface area contributed by atoms with Crippen molar-refractivity contribution < 1.29 is 5.11 Å². The Bertz CT molecular complexity index is 357. The molecule has 1 aromatic rings. The fourth-order valence-electron chi connectivity index (χ4n) is 2.23. The molecule has 17 heavy (non-hydrogen) atoms. The van der Waals surface area contributed by atoms with Gasteiger partial charge in [0.25, 0.3) is 0 Å². The van der Waals surface area contributed by atoms with E-state index in [0.29, 0.717) is 5.92 Å². The van der Waals surface area contributed by atoms with E-state index in [4.69, 9.17) is 5.73 Å². The van der Waals surface area contributed by atoms with Crippen LogP contribution in [0.25, 0.3) is 0 Å². The van der Waals surface area contributed by atoms with Gasteiger partial charge in [-0.2, -0.15) is 0 Å².